The van der Waals surface area contributed by atoms with Gasteiger partial charge in [-0.3, -0.25) is 4.79 Å². The fourth-order valence-electron chi connectivity index (χ4n) is 3.60. The Morgan fingerprint density at radius 3 is 2.95 bits per heavy atom. The van der Waals surface area contributed by atoms with E-state index in [2.05, 4.69) is 10.3 Å². The molecule has 0 spiro atoms. The van der Waals surface area contributed by atoms with E-state index in [0.29, 0.717) is 22.7 Å². The number of likely N-dealkylation sites (tertiary alicyclic amines) is 1. The molecule has 0 saturated carbocycles. The minimum Gasteiger partial charge on any atom is -0.351 e. The summed E-state index contributed by atoms with van der Waals surface area (Å²) in [5, 5.41) is 5.21. The number of benzene rings is 1. The Labute approximate surface area is 140 Å². The molecule has 3 heterocycles. The molecular formula is C16H19Cl2N3O. The molecule has 2 N–H and O–H groups in total. The lowest BCUT2D eigenvalue weighted by molar-refractivity contribution is 0.0781. The lowest BCUT2D eigenvalue weighted by Crippen LogP contribution is -2.41. The average Bonchev–Trinajstić information content (AvgIpc) is 3.09. The first-order valence-corrected chi connectivity index (χ1v) is 7.89. The van der Waals surface area contributed by atoms with Gasteiger partial charge in [0.2, 0.25) is 0 Å². The number of aromatic nitrogens is 1. The van der Waals surface area contributed by atoms with E-state index < -0.39 is 0 Å². The number of rotatable bonds is 1. The van der Waals surface area contributed by atoms with Gasteiger partial charge >= 0.3 is 0 Å². The number of carbonyl (C=O) groups excluding carboxylic acids is 1. The quantitative estimate of drug-likeness (QED) is 0.838. The maximum Gasteiger partial charge on any atom is 0.270 e. The maximum atomic E-state index is 12.7. The van der Waals surface area contributed by atoms with Crippen LogP contribution in [0.4, 0.5) is 0 Å². The number of halogens is 2. The number of hydrogen-bond donors (Lipinski definition) is 2. The van der Waals surface area contributed by atoms with Crippen molar-refractivity contribution in [3.05, 3.63) is 35.0 Å². The molecule has 1 aromatic carbocycles. The number of amides is 1. The van der Waals surface area contributed by atoms with E-state index in [1.807, 2.05) is 29.2 Å². The summed E-state index contributed by atoms with van der Waals surface area (Å²) >= 11 is 6.00. The third-order valence-electron chi connectivity index (χ3n) is 4.70. The molecule has 2 aliphatic heterocycles. The highest BCUT2D eigenvalue weighted by Crippen LogP contribution is 2.27. The Bertz CT molecular complexity index is 686. The molecule has 0 bridgehead atoms. The molecule has 1 amide bonds. The van der Waals surface area contributed by atoms with Crippen molar-refractivity contribution in [2.75, 3.05) is 19.6 Å². The van der Waals surface area contributed by atoms with Gasteiger partial charge in [-0.1, -0.05) is 11.6 Å². The standard InChI is InChI=1S/C16H18ClN3O.ClH/c17-12-3-4-13-11(6-12)7-14(19-13)16(21)20-8-10-2-1-5-18-15(10)9-20;/h3-4,6-7,10,15,18-19H,1-2,5,8-9H2;1H/t10-,15+;/m0./s1. The number of nitrogens with one attached hydrogen (secondary N) is 2. The highest BCUT2D eigenvalue weighted by atomic mass is 35.5. The van der Waals surface area contributed by atoms with E-state index in [1.54, 1.807) is 0 Å². The summed E-state index contributed by atoms with van der Waals surface area (Å²) in [6.07, 6.45) is 2.44. The summed E-state index contributed by atoms with van der Waals surface area (Å²) in [4.78, 5) is 17.9. The van der Waals surface area contributed by atoms with Gasteiger partial charge in [-0.25, -0.2) is 0 Å². The molecule has 118 valence electrons. The van der Waals surface area contributed by atoms with Crippen molar-refractivity contribution < 1.29 is 4.79 Å². The first kappa shape index (κ1) is 15.7. The van der Waals surface area contributed by atoms with Gasteiger partial charge in [0.05, 0.1) is 0 Å². The Morgan fingerprint density at radius 2 is 2.14 bits per heavy atom. The lowest BCUT2D eigenvalue weighted by atomic mass is 9.94. The van der Waals surface area contributed by atoms with Crippen LogP contribution in [-0.2, 0) is 0 Å². The van der Waals surface area contributed by atoms with Gasteiger partial charge < -0.3 is 15.2 Å². The molecule has 2 fully saturated rings. The fraction of sp³-hybridized carbons (Fsp3) is 0.438. The van der Waals surface area contributed by atoms with Gasteiger partial charge in [-0.2, -0.15) is 0 Å². The molecule has 0 aliphatic carbocycles. The third kappa shape index (κ3) is 2.71. The summed E-state index contributed by atoms with van der Waals surface area (Å²) in [7, 11) is 0. The first-order valence-electron chi connectivity index (χ1n) is 7.51. The van der Waals surface area contributed by atoms with Crippen LogP contribution in [0.15, 0.2) is 24.3 Å². The molecule has 1 aromatic heterocycles. The van der Waals surface area contributed by atoms with Crippen molar-refractivity contribution in [3.8, 4) is 0 Å². The molecule has 6 heteroatoms. The van der Waals surface area contributed by atoms with Gasteiger partial charge in [0.15, 0.2) is 0 Å². The fourth-order valence-corrected chi connectivity index (χ4v) is 3.78. The second-order valence-electron chi connectivity index (χ2n) is 6.09. The van der Waals surface area contributed by atoms with E-state index >= 15 is 0 Å². The van der Waals surface area contributed by atoms with Crippen LogP contribution in [0.3, 0.4) is 0 Å². The largest absolute Gasteiger partial charge is 0.351 e. The van der Waals surface area contributed by atoms with E-state index in [9.17, 15) is 4.79 Å². The van der Waals surface area contributed by atoms with Gasteiger partial charge in [-0.05, 0) is 49.6 Å². The van der Waals surface area contributed by atoms with Crippen LogP contribution in [-0.4, -0.2) is 41.5 Å². The highest BCUT2D eigenvalue weighted by molar-refractivity contribution is 6.31. The number of hydrogen-bond acceptors (Lipinski definition) is 2. The predicted molar refractivity (Wildman–Crippen MR) is 91.0 cm³/mol. The Balaban J connectivity index is 0.00000144. The summed E-state index contributed by atoms with van der Waals surface area (Å²) in [6, 6.07) is 8.01. The summed E-state index contributed by atoms with van der Waals surface area (Å²) < 4.78 is 0. The van der Waals surface area contributed by atoms with E-state index in [1.165, 1.54) is 12.8 Å². The van der Waals surface area contributed by atoms with Crippen LogP contribution < -0.4 is 5.32 Å². The SMILES string of the molecule is Cl.O=C(c1cc2cc(Cl)ccc2[nH]1)N1C[C@@H]2CCCN[C@@H]2C1. The number of H-pyrrole nitrogens is 1. The second-order valence-corrected chi connectivity index (χ2v) is 6.52. The van der Waals surface area contributed by atoms with Crippen LogP contribution >= 0.6 is 24.0 Å². The lowest BCUT2D eigenvalue weighted by Gasteiger charge is -2.24. The van der Waals surface area contributed by atoms with Crippen molar-refractivity contribution in [1.82, 2.24) is 15.2 Å². The van der Waals surface area contributed by atoms with Crippen molar-refractivity contribution in [3.63, 3.8) is 0 Å². The molecule has 22 heavy (non-hydrogen) atoms. The summed E-state index contributed by atoms with van der Waals surface area (Å²) in [5.41, 5.74) is 1.61. The van der Waals surface area contributed by atoms with Crippen molar-refractivity contribution in [2.24, 2.45) is 5.92 Å². The van der Waals surface area contributed by atoms with E-state index in [4.69, 9.17) is 11.6 Å². The molecule has 4 nitrogen and oxygen atoms in total. The normalized spacial score (nSPS) is 24.1. The molecule has 0 radical (unpaired) electrons. The van der Waals surface area contributed by atoms with E-state index in [0.717, 1.165) is 30.5 Å². The number of carbonyl (C=O) groups is 1. The molecular weight excluding hydrogens is 321 g/mol. The molecule has 0 unspecified atom stereocenters. The van der Waals surface area contributed by atoms with Gasteiger partial charge in [0.25, 0.3) is 5.91 Å². The summed E-state index contributed by atoms with van der Waals surface area (Å²) in [6.45, 7) is 2.76. The van der Waals surface area contributed by atoms with Crippen molar-refractivity contribution >= 4 is 40.8 Å². The second kappa shape index (κ2) is 6.11. The molecule has 2 saturated heterocycles. The zero-order chi connectivity index (χ0) is 14.4. The first-order chi connectivity index (χ1) is 10.2. The number of piperidine rings is 1. The smallest absolute Gasteiger partial charge is 0.270 e. The molecule has 4 rings (SSSR count). The van der Waals surface area contributed by atoms with Crippen LogP contribution in [0.1, 0.15) is 23.3 Å². The Morgan fingerprint density at radius 1 is 1.27 bits per heavy atom. The maximum absolute atomic E-state index is 12.7. The monoisotopic (exact) mass is 339 g/mol. The van der Waals surface area contributed by atoms with Crippen LogP contribution in [0.2, 0.25) is 5.02 Å². The van der Waals surface area contributed by atoms with Gasteiger partial charge in [-0.15, -0.1) is 12.4 Å². The number of aromatic amines is 1. The molecule has 2 aliphatic rings. The highest BCUT2D eigenvalue weighted by Gasteiger charge is 2.36. The van der Waals surface area contributed by atoms with Crippen molar-refractivity contribution in [2.45, 2.75) is 18.9 Å². The average molecular weight is 340 g/mol. The van der Waals surface area contributed by atoms with E-state index in [-0.39, 0.29) is 18.3 Å². The minimum atomic E-state index is 0. The van der Waals surface area contributed by atoms with Crippen LogP contribution in [0.5, 0.6) is 0 Å². The third-order valence-corrected chi connectivity index (χ3v) is 4.93. The van der Waals surface area contributed by atoms with Crippen LogP contribution in [0, 0.1) is 5.92 Å². The summed E-state index contributed by atoms with van der Waals surface area (Å²) in [5.74, 6) is 0.708. The number of nitrogens with zero attached hydrogens (tertiary/aromatic N) is 1. The van der Waals surface area contributed by atoms with Gasteiger partial charge in [0.1, 0.15) is 5.69 Å². The topological polar surface area (TPSA) is 48.1 Å². The zero-order valence-electron chi connectivity index (χ0n) is 12.1. The van der Waals surface area contributed by atoms with Crippen LogP contribution in [0.25, 0.3) is 10.9 Å². The van der Waals surface area contributed by atoms with Crippen molar-refractivity contribution in [1.29, 1.82) is 0 Å². The predicted octanol–water partition coefficient (Wildman–Crippen LogP) is 3.07. The molecule has 2 atom stereocenters. The Hall–Kier alpha value is -1.23. The van der Waals surface area contributed by atoms with Gasteiger partial charge in [0, 0.05) is 35.1 Å². The zero-order valence-corrected chi connectivity index (χ0v) is 13.7. The minimum absolute atomic E-state index is 0. The molecule has 2 aromatic rings. The Kier molecular flexibility index (Phi) is 4.35. The number of fused-ring (bicyclic) bond motifs is 2.